The summed E-state index contributed by atoms with van der Waals surface area (Å²) in [4.78, 5) is 12.1. The average Bonchev–Trinajstić information content (AvgIpc) is 2.47. The molecule has 0 radical (unpaired) electrons. The van der Waals surface area contributed by atoms with Crippen molar-refractivity contribution in [3.05, 3.63) is 67.3 Å². The molecule has 0 heterocycles. The van der Waals surface area contributed by atoms with Crippen molar-refractivity contribution in [3.63, 3.8) is 0 Å². The van der Waals surface area contributed by atoms with Crippen molar-refractivity contribution >= 4 is 26.7 Å². The quantitative estimate of drug-likeness (QED) is 0.575. The maximum absolute atomic E-state index is 11.1. The van der Waals surface area contributed by atoms with Crippen molar-refractivity contribution in [2.45, 2.75) is 4.90 Å². The fraction of sp³-hybridized carbons (Fsp3) is 0. The summed E-state index contributed by atoms with van der Waals surface area (Å²) in [7, 11) is 2.57. The first-order chi connectivity index (χ1) is 9.28. The molecule has 0 aromatic heterocycles. The van der Waals surface area contributed by atoms with Crippen LogP contribution in [0.15, 0.2) is 72.1 Å². The first-order valence-corrected chi connectivity index (χ1v) is 7.77. The predicted molar refractivity (Wildman–Crippen MR) is 81.6 cm³/mol. The molecule has 0 spiro atoms. The Labute approximate surface area is 120 Å². The summed E-state index contributed by atoms with van der Waals surface area (Å²) in [6.45, 7) is 3.43. The van der Waals surface area contributed by atoms with Crippen LogP contribution in [-0.4, -0.2) is 5.12 Å². The van der Waals surface area contributed by atoms with Crippen LogP contribution in [0.4, 0.5) is 0 Å². The van der Waals surface area contributed by atoms with Gasteiger partial charge in [0.15, 0.2) is 0 Å². The van der Waals surface area contributed by atoms with E-state index in [0.29, 0.717) is 0 Å². The predicted octanol–water partition coefficient (Wildman–Crippen LogP) is 4.93. The highest BCUT2D eigenvalue weighted by molar-refractivity contribution is 8.82. The summed E-state index contributed by atoms with van der Waals surface area (Å²) < 4.78 is 5.68. The van der Waals surface area contributed by atoms with E-state index in [1.54, 1.807) is 0 Å². The Bertz CT molecular complexity index is 550. The molecule has 0 fully saturated rings. The van der Waals surface area contributed by atoms with Crippen LogP contribution in [0.25, 0.3) is 0 Å². The van der Waals surface area contributed by atoms with Crippen molar-refractivity contribution in [2.75, 3.05) is 0 Å². The minimum atomic E-state index is -0.0467. The normalized spacial score (nSPS) is 9.89. The van der Waals surface area contributed by atoms with Gasteiger partial charge in [-0.05, 0) is 64.1 Å². The van der Waals surface area contributed by atoms with Crippen molar-refractivity contribution in [1.82, 2.24) is 0 Å². The number of hydrogen-bond acceptors (Lipinski definition) is 4. The summed E-state index contributed by atoms with van der Waals surface area (Å²) in [6.07, 6.45) is 1.31. The molecule has 0 saturated heterocycles. The molecule has 19 heavy (non-hydrogen) atoms. The lowest BCUT2D eigenvalue weighted by Gasteiger charge is -2.05. The van der Waals surface area contributed by atoms with Crippen molar-refractivity contribution in [2.24, 2.45) is 0 Å². The SMILES string of the molecule is C=CC(=O)SSc1ccc(Oc2ccccc2)cc1. The van der Waals surface area contributed by atoms with E-state index in [9.17, 15) is 4.79 Å². The van der Waals surface area contributed by atoms with E-state index in [0.717, 1.165) is 27.2 Å². The van der Waals surface area contributed by atoms with Gasteiger partial charge in [0.05, 0.1) is 0 Å². The molecule has 0 aliphatic heterocycles. The first-order valence-electron chi connectivity index (χ1n) is 5.62. The molecule has 2 aromatic rings. The maximum Gasteiger partial charge on any atom is 0.222 e. The van der Waals surface area contributed by atoms with Gasteiger partial charge in [-0.3, -0.25) is 4.79 Å². The molecule has 0 amide bonds. The zero-order valence-electron chi connectivity index (χ0n) is 10.1. The van der Waals surface area contributed by atoms with Crippen LogP contribution in [0.5, 0.6) is 11.5 Å². The third kappa shape index (κ3) is 4.50. The van der Waals surface area contributed by atoms with Crippen LogP contribution in [-0.2, 0) is 4.79 Å². The van der Waals surface area contributed by atoms with Gasteiger partial charge in [0.1, 0.15) is 11.5 Å². The summed E-state index contributed by atoms with van der Waals surface area (Å²) in [5.41, 5.74) is 0. The lowest BCUT2D eigenvalue weighted by atomic mass is 10.3. The van der Waals surface area contributed by atoms with Crippen LogP contribution in [0, 0.1) is 0 Å². The number of para-hydroxylation sites is 1. The standard InChI is InChI=1S/C15H12O2S2/c1-2-15(16)19-18-14-10-8-13(9-11-14)17-12-6-4-3-5-7-12/h2-11H,1H2. The zero-order valence-corrected chi connectivity index (χ0v) is 11.7. The summed E-state index contributed by atoms with van der Waals surface area (Å²) >= 11 is 0. The van der Waals surface area contributed by atoms with Gasteiger partial charge in [-0.25, -0.2) is 0 Å². The van der Waals surface area contributed by atoms with Gasteiger partial charge in [-0.15, -0.1) is 0 Å². The number of carbonyl (C=O) groups is 1. The second-order valence-corrected chi connectivity index (χ2v) is 5.78. The maximum atomic E-state index is 11.1. The molecule has 0 unspecified atom stereocenters. The van der Waals surface area contributed by atoms with E-state index < -0.39 is 0 Å². The average molecular weight is 288 g/mol. The van der Waals surface area contributed by atoms with Crippen LogP contribution in [0.3, 0.4) is 0 Å². The Morgan fingerprint density at radius 3 is 2.26 bits per heavy atom. The van der Waals surface area contributed by atoms with Gasteiger partial charge in [0, 0.05) is 4.90 Å². The lowest BCUT2D eigenvalue weighted by Crippen LogP contribution is -1.83. The monoisotopic (exact) mass is 288 g/mol. The Morgan fingerprint density at radius 1 is 1.00 bits per heavy atom. The number of benzene rings is 2. The Morgan fingerprint density at radius 2 is 1.63 bits per heavy atom. The molecule has 0 aliphatic carbocycles. The minimum absolute atomic E-state index is 0.0467. The van der Waals surface area contributed by atoms with E-state index in [-0.39, 0.29) is 5.12 Å². The first kappa shape index (κ1) is 13.8. The molecule has 0 N–H and O–H groups in total. The van der Waals surface area contributed by atoms with E-state index in [1.165, 1.54) is 16.9 Å². The molecule has 4 heteroatoms. The molecule has 2 rings (SSSR count). The number of hydrogen-bond donors (Lipinski definition) is 0. The van der Waals surface area contributed by atoms with Gasteiger partial charge in [0.2, 0.25) is 5.12 Å². The molecule has 0 bridgehead atoms. The molecular formula is C15H12O2S2. The van der Waals surface area contributed by atoms with Gasteiger partial charge in [0.25, 0.3) is 0 Å². The number of ether oxygens (including phenoxy) is 1. The second-order valence-electron chi connectivity index (χ2n) is 3.58. The number of rotatable bonds is 5. The van der Waals surface area contributed by atoms with Crippen LogP contribution >= 0.6 is 21.6 Å². The molecule has 2 nitrogen and oxygen atoms in total. The molecule has 0 atom stereocenters. The van der Waals surface area contributed by atoms with Crippen LogP contribution in [0.2, 0.25) is 0 Å². The Balaban J connectivity index is 1.95. The Hall–Kier alpha value is -1.65. The summed E-state index contributed by atoms with van der Waals surface area (Å²) in [6, 6.07) is 17.2. The Kier molecular flexibility index (Phi) is 5.12. The zero-order chi connectivity index (χ0) is 13.5. The van der Waals surface area contributed by atoms with E-state index >= 15 is 0 Å². The van der Waals surface area contributed by atoms with Crippen LogP contribution in [0.1, 0.15) is 0 Å². The second kappa shape index (κ2) is 7.07. The van der Waals surface area contributed by atoms with Crippen molar-refractivity contribution in [3.8, 4) is 11.5 Å². The van der Waals surface area contributed by atoms with Crippen LogP contribution < -0.4 is 4.74 Å². The van der Waals surface area contributed by atoms with Gasteiger partial charge >= 0.3 is 0 Å². The molecule has 0 aliphatic rings. The van der Waals surface area contributed by atoms with E-state index in [2.05, 4.69) is 6.58 Å². The molecule has 0 saturated carbocycles. The molecule has 2 aromatic carbocycles. The number of carbonyl (C=O) groups excluding carboxylic acids is 1. The fourth-order valence-electron chi connectivity index (χ4n) is 1.31. The fourth-order valence-corrected chi connectivity index (χ4v) is 2.88. The highest BCUT2D eigenvalue weighted by atomic mass is 33.1. The van der Waals surface area contributed by atoms with Gasteiger partial charge in [-0.1, -0.05) is 24.8 Å². The third-order valence-electron chi connectivity index (χ3n) is 2.19. The summed E-state index contributed by atoms with van der Waals surface area (Å²) in [5, 5.41) is -0.0467. The highest BCUT2D eigenvalue weighted by Crippen LogP contribution is 2.33. The van der Waals surface area contributed by atoms with Crippen molar-refractivity contribution in [1.29, 1.82) is 0 Å². The summed E-state index contributed by atoms with van der Waals surface area (Å²) in [5.74, 6) is 1.58. The highest BCUT2D eigenvalue weighted by Gasteiger charge is 2.01. The topological polar surface area (TPSA) is 26.3 Å². The largest absolute Gasteiger partial charge is 0.457 e. The minimum Gasteiger partial charge on any atom is -0.457 e. The van der Waals surface area contributed by atoms with Gasteiger partial charge in [-0.2, -0.15) is 0 Å². The van der Waals surface area contributed by atoms with E-state index in [1.807, 2.05) is 54.6 Å². The van der Waals surface area contributed by atoms with Gasteiger partial charge < -0.3 is 4.74 Å². The van der Waals surface area contributed by atoms with Crippen molar-refractivity contribution < 1.29 is 9.53 Å². The lowest BCUT2D eigenvalue weighted by molar-refractivity contribution is -0.106. The third-order valence-corrected chi connectivity index (χ3v) is 4.39. The molecule has 96 valence electrons. The smallest absolute Gasteiger partial charge is 0.222 e. The van der Waals surface area contributed by atoms with E-state index in [4.69, 9.17) is 4.74 Å². The molecular weight excluding hydrogens is 276 g/mol.